The zero-order valence-corrected chi connectivity index (χ0v) is 16.8. The molecule has 1 aromatic carbocycles. The van der Waals surface area contributed by atoms with Crippen LogP contribution in [0, 0.1) is 3.57 Å². The fourth-order valence-electron chi connectivity index (χ4n) is 2.81. The van der Waals surface area contributed by atoms with Crippen LogP contribution in [0.2, 0.25) is 0 Å². The quantitative estimate of drug-likeness (QED) is 0.433. The molecule has 8 nitrogen and oxygen atoms in total. The van der Waals surface area contributed by atoms with Crippen LogP contribution >= 0.6 is 22.6 Å². The number of fused-ring (bicyclic) bond motifs is 1. The Hall–Kier alpha value is -1.98. The number of ether oxygens (including phenoxy) is 2. The van der Waals surface area contributed by atoms with Crippen LogP contribution in [0.15, 0.2) is 33.9 Å². The zero-order chi connectivity index (χ0) is 18.8. The van der Waals surface area contributed by atoms with E-state index in [0.29, 0.717) is 30.0 Å². The van der Waals surface area contributed by atoms with Crippen molar-refractivity contribution in [2.45, 2.75) is 19.3 Å². The number of hydrogen-bond acceptors (Lipinski definition) is 5. The van der Waals surface area contributed by atoms with E-state index in [4.69, 9.17) is 9.47 Å². The molecule has 0 fully saturated rings. The summed E-state index contributed by atoms with van der Waals surface area (Å²) >= 11 is 2.26. The Morgan fingerprint density at radius 3 is 2.58 bits per heavy atom. The summed E-state index contributed by atoms with van der Waals surface area (Å²) in [5, 5.41) is 0. The predicted octanol–water partition coefficient (Wildman–Crippen LogP) is 1.24. The summed E-state index contributed by atoms with van der Waals surface area (Å²) in [6.07, 6.45) is -0.157. The van der Waals surface area contributed by atoms with E-state index in [1.165, 1.54) is 4.57 Å². The van der Waals surface area contributed by atoms with Gasteiger partial charge in [0.25, 0.3) is 5.56 Å². The number of rotatable bonds is 6. The molecular formula is C17H19IN4O4. The Kier molecular flexibility index (Phi) is 5.58. The Morgan fingerprint density at radius 2 is 1.92 bits per heavy atom. The second-order valence-electron chi connectivity index (χ2n) is 5.80. The van der Waals surface area contributed by atoms with Gasteiger partial charge in [-0.25, -0.2) is 9.78 Å². The van der Waals surface area contributed by atoms with E-state index in [1.54, 1.807) is 21.3 Å². The minimum atomic E-state index is -0.503. The number of benzene rings is 1. The lowest BCUT2D eigenvalue weighted by atomic mass is 10.2. The number of halogens is 1. The summed E-state index contributed by atoms with van der Waals surface area (Å²) in [6.45, 7) is 0.451. The van der Waals surface area contributed by atoms with Crippen molar-refractivity contribution >= 4 is 33.8 Å². The van der Waals surface area contributed by atoms with Crippen LogP contribution in [0.5, 0.6) is 0 Å². The van der Waals surface area contributed by atoms with Crippen molar-refractivity contribution in [3.05, 3.63) is 60.1 Å². The number of nitrogens with zero attached hydrogens (tertiary/aromatic N) is 3. The van der Waals surface area contributed by atoms with Gasteiger partial charge in [0.05, 0.1) is 13.0 Å². The highest BCUT2D eigenvalue weighted by Gasteiger charge is 2.20. The largest absolute Gasteiger partial charge is 0.355 e. The molecule has 0 bridgehead atoms. The van der Waals surface area contributed by atoms with Crippen LogP contribution in [0.4, 0.5) is 0 Å². The van der Waals surface area contributed by atoms with Crippen molar-refractivity contribution in [2.75, 3.05) is 14.2 Å². The number of hydrogen-bond donors (Lipinski definition) is 1. The number of nitrogens with one attached hydrogen (secondary N) is 1. The fraction of sp³-hybridized carbons (Fsp3) is 0.353. The molecule has 2 aromatic heterocycles. The van der Waals surface area contributed by atoms with E-state index >= 15 is 0 Å². The van der Waals surface area contributed by atoms with Gasteiger partial charge in [0, 0.05) is 24.8 Å². The van der Waals surface area contributed by atoms with Crippen molar-refractivity contribution in [3.63, 3.8) is 0 Å². The maximum Gasteiger partial charge on any atom is 0.329 e. The molecule has 0 spiro atoms. The molecule has 1 N–H and O–H groups in total. The highest BCUT2D eigenvalue weighted by atomic mass is 127. The summed E-state index contributed by atoms with van der Waals surface area (Å²) in [4.78, 5) is 31.3. The Balaban J connectivity index is 2.23. The Morgan fingerprint density at radius 1 is 1.23 bits per heavy atom. The maximum absolute atomic E-state index is 12.5. The van der Waals surface area contributed by atoms with Gasteiger partial charge in [0.1, 0.15) is 5.82 Å². The molecule has 0 aliphatic heterocycles. The van der Waals surface area contributed by atoms with Gasteiger partial charge in [-0.05, 0) is 34.2 Å². The molecule has 0 radical (unpaired) electrons. The lowest BCUT2D eigenvalue weighted by Crippen LogP contribution is -2.29. The van der Waals surface area contributed by atoms with Crippen molar-refractivity contribution in [1.29, 1.82) is 0 Å². The molecule has 2 heterocycles. The first kappa shape index (κ1) is 18.8. The van der Waals surface area contributed by atoms with E-state index in [0.717, 1.165) is 9.13 Å². The van der Waals surface area contributed by atoms with E-state index in [-0.39, 0.29) is 0 Å². The molecule has 0 saturated carbocycles. The molecule has 0 saturated heterocycles. The van der Waals surface area contributed by atoms with E-state index in [2.05, 4.69) is 32.6 Å². The number of methoxy groups -OCH3 is 2. The molecule has 0 unspecified atom stereocenters. The summed E-state index contributed by atoms with van der Waals surface area (Å²) < 4.78 is 14.8. The molecular weight excluding hydrogens is 451 g/mol. The standard InChI is InChI=1S/C17H19IN4O4/c1-21-15-14(16(23)20-17(21)24)22(9-10-6-4-5-7-11(10)18)12(19-15)8-13(25-2)26-3/h4-7,13H,8-9H2,1-3H3,(H,20,23,24). The monoisotopic (exact) mass is 470 g/mol. The molecule has 26 heavy (non-hydrogen) atoms. The van der Waals surface area contributed by atoms with Gasteiger partial charge in [0.15, 0.2) is 17.5 Å². The number of H-pyrrole nitrogens is 1. The highest BCUT2D eigenvalue weighted by Crippen LogP contribution is 2.19. The van der Waals surface area contributed by atoms with Crippen LogP contribution in [-0.4, -0.2) is 39.6 Å². The molecule has 138 valence electrons. The highest BCUT2D eigenvalue weighted by molar-refractivity contribution is 14.1. The Labute approximate surface area is 162 Å². The third-order valence-electron chi connectivity index (χ3n) is 4.25. The average Bonchev–Trinajstić information content (AvgIpc) is 2.98. The van der Waals surface area contributed by atoms with Crippen LogP contribution < -0.4 is 11.2 Å². The first-order valence-electron chi connectivity index (χ1n) is 7.93. The lowest BCUT2D eigenvalue weighted by molar-refractivity contribution is -0.102. The van der Waals surface area contributed by atoms with Crippen molar-refractivity contribution < 1.29 is 9.47 Å². The minimum absolute atomic E-state index is 0.339. The second kappa shape index (κ2) is 7.72. The topological polar surface area (TPSA) is 91.1 Å². The molecule has 0 atom stereocenters. The van der Waals surface area contributed by atoms with Gasteiger partial charge in [-0.1, -0.05) is 18.2 Å². The molecule has 3 aromatic rings. The van der Waals surface area contributed by atoms with Crippen molar-refractivity contribution in [2.24, 2.45) is 7.05 Å². The van der Waals surface area contributed by atoms with Crippen molar-refractivity contribution in [1.82, 2.24) is 19.1 Å². The fourth-order valence-corrected chi connectivity index (χ4v) is 3.37. The van der Waals surface area contributed by atoms with E-state index in [9.17, 15) is 9.59 Å². The first-order valence-corrected chi connectivity index (χ1v) is 9.01. The lowest BCUT2D eigenvalue weighted by Gasteiger charge is -2.15. The summed E-state index contributed by atoms with van der Waals surface area (Å²) in [5.74, 6) is 0.611. The number of aromatic nitrogens is 4. The molecule has 0 amide bonds. The summed E-state index contributed by atoms with van der Waals surface area (Å²) in [7, 11) is 4.67. The smallest absolute Gasteiger partial charge is 0.329 e. The van der Waals surface area contributed by atoms with Gasteiger partial charge in [-0.15, -0.1) is 0 Å². The number of aromatic amines is 1. The molecule has 0 aliphatic rings. The minimum Gasteiger partial charge on any atom is -0.355 e. The number of aryl methyl sites for hydroxylation is 1. The van der Waals surface area contributed by atoms with Gasteiger partial charge >= 0.3 is 5.69 Å². The maximum atomic E-state index is 12.5. The Bertz CT molecular complexity index is 1050. The molecule has 9 heteroatoms. The van der Waals surface area contributed by atoms with E-state index in [1.807, 2.05) is 28.8 Å². The van der Waals surface area contributed by atoms with Crippen molar-refractivity contribution in [3.8, 4) is 0 Å². The SMILES string of the molecule is COC(Cc1nc2c(c(=O)[nH]c(=O)n2C)n1Cc1ccccc1I)OC. The summed E-state index contributed by atoms with van der Waals surface area (Å²) in [5.41, 5.74) is 0.786. The van der Waals surface area contributed by atoms with Gasteiger partial charge in [-0.3, -0.25) is 14.3 Å². The zero-order valence-electron chi connectivity index (χ0n) is 14.7. The number of imidazole rings is 1. The third-order valence-corrected chi connectivity index (χ3v) is 5.30. The van der Waals surface area contributed by atoms with Crippen LogP contribution in [-0.2, 0) is 29.5 Å². The van der Waals surface area contributed by atoms with Gasteiger partial charge in [0.2, 0.25) is 0 Å². The van der Waals surface area contributed by atoms with E-state index < -0.39 is 17.5 Å². The third kappa shape index (κ3) is 3.46. The van der Waals surface area contributed by atoms with Gasteiger partial charge < -0.3 is 14.0 Å². The first-order chi connectivity index (χ1) is 12.5. The second-order valence-corrected chi connectivity index (χ2v) is 6.96. The van der Waals surface area contributed by atoms with Crippen LogP contribution in [0.1, 0.15) is 11.4 Å². The molecule has 3 rings (SSSR count). The van der Waals surface area contributed by atoms with Crippen LogP contribution in [0.25, 0.3) is 11.2 Å². The summed E-state index contributed by atoms with van der Waals surface area (Å²) in [6, 6.07) is 7.91. The normalized spacial score (nSPS) is 11.6. The predicted molar refractivity (Wildman–Crippen MR) is 105 cm³/mol. The van der Waals surface area contributed by atoms with Gasteiger partial charge in [-0.2, -0.15) is 0 Å². The average molecular weight is 470 g/mol. The van der Waals surface area contributed by atoms with Crippen LogP contribution in [0.3, 0.4) is 0 Å². The molecule has 0 aliphatic carbocycles.